The number of nitrogens with zero attached hydrogens (tertiary/aromatic N) is 3. The maximum atomic E-state index is 13.5. The van der Waals surface area contributed by atoms with Crippen LogP contribution >= 0.6 is 0 Å². The van der Waals surface area contributed by atoms with E-state index in [9.17, 15) is 14.0 Å². The summed E-state index contributed by atoms with van der Waals surface area (Å²) in [5.74, 6) is 1.29. The molecular formula is C18H18FN3O4. The Hall–Kier alpha value is -2.95. The highest BCUT2D eigenvalue weighted by molar-refractivity contribution is 5.96. The zero-order valence-corrected chi connectivity index (χ0v) is 14.3. The van der Waals surface area contributed by atoms with Crippen molar-refractivity contribution in [2.24, 2.45) is 10.2 Å². The Morgan fingerprint density at radius 3 is 2.88 bits per heavy atom. The highest BCUT2D eigenvalue weighted by Gasteiger charge is 2.41. The van der Waals surface area contributed by atoms with Gasteiger partial charge in [0.1, 0.15) is 11.6 Å². The second-order valence-electron chi connectivity index (χ2n) is 6.13. The molecule has 1 unspecified atom stereocenters. The average molecular weight is 359 g/mol. The molecule has 26 heavy (non-hydrogen) atoms. The number of hydrogen-bond acceptors (Lipinski definition) is 6. The molecule has 0 saturated heterocycles. The van der Waals surface area contributed by atoms with Gasteiger partial charge in [-0.15, -0.1) is 12.3 Å². The number of carbonyl (C=O) groups excluding carboxylic acids is 2. The lowest BCUT2D eigenvalue weighted by molar-refractivity contribution is -0.148. The largest absolute Gasteiger partial charge is 0.475 e. The maximum absolute atomic E-state index is 13.5. The van der Waals surface area contributed by atoms with E-state index in [4.69, 9.17) is 11.2 Å². The summed E-state index contributed by atoms with van der Waals surface area (Å²) in [7, 11) is 1.23. The zero-order chi connectivity index (χ0) is 18.7. The summed E-state index contributed by atoms with van der Waals surface area (Å²) < 4.78 is 23.7. The van der Waals surface area contributed by atoms with Gasteiger partial charge in [0.15, 0.2) is 5.66 Å². The minimum absolute atomic E-state index is 0.00419. The molecule has 0 bridgehead atoms. The van der Waals surface area contributed by atoms with Gasteiger partial charge in [-0.3, -0.25) is 4.79 Å². The quantitative estimate of drug-likeness (QED) is 0.577. The van der Waals surface area contributed by atoms with Gasteiger partial charge < -0.3 is 14.4 Å². The van der Waals surface area contributed by atoms with Gasteiger partial charge in [0.2, 0.25) is 12.0 Å². The number of methoxy groups -OCH3 is 1. The Morgan fingerprint density at radius 1 is 1.46 bits per heavy atom. The van der Waals surface area contributed by atoms with Crippen molar-refractivity contribution in [1.82, 2.24) is 0 Å². The molecular weight excluding hydrogens is 341 g/mol. The lowest BCUT2D eigenvalue weighted by Gasteiger charge is -2.33. The molecule has 2 aliphatic heterocycles. The van der Waals surface area contributed by atoms with Crippen LogP contribution in [-0.2, 0) is 14.3 Å². The monoisotopic (exact) mass is 359 g/mol. The van der Waals surface area contributed by atoms with E-state index in [1.54, 1.807) is 0 Å². The van der Waals surface area contributed by atoms with Crippen LogP contribution in [0.4, 0.5) is 10.1 Å². The van der Waals surface area contributed by atoms with E-state index < -0.39 is 23.6 Å². The van der Waals surface area contributed by atoms with Crippen molar-refractivity contribution < 1.29 is 23.5 Å². The molecule has 7 nitrogen and oxygen atoms in total. The molecule has 0 N–H and O–H groups in total. The molecule has 1 amide bonds. The number of terminal acetylenes is 1. The number of amides is 1. The van der Waals surface area contributed by atoms with Crippen molar-refractivity contribution in [3.63, 3.8) is 0 Å². The number of carbonyl (C=O) groups is 2. The van der Waals surface area contributed by atoms with Crippen LogP contribution < -0.4 is 9.64 Å². The summed E-state index contributed by atoms with van der Waals surface area (Å²) in [6, 6.07) is 3.83. The van der Waals surface area contributed by atoms with E-state index in [1.165, 1.54) is 24.1 Å². The molecule has 0 aromatic heterocycles. The van der Waals surface area contributed by atoms with Crippen molar-refractivity contribution in [3.05, 3.63) is 24.0 Å². The van der Waals surface area contributed by atoms with Gasteiger partial charge in [0, 0.05) is 31.7 Å². The van der Waals surface area contributed by atoms with Gasteiger partial charge in [-0.2, -0.15) is 10.2 Å². The van der Waals surface area contributed by atoms with Crippen molar-refractivity contribution in [3.8, 4) is 18.1 Å². The average Bonchev–Trinajstić information content (AvgIpc) is 3.42. The normalized spacial score (nSPS) is 19.1. The second-order valence-corrected chi connectivity index (χ2v) is 6.13. The fourth-order valence-electron chi connectivity index (χ4n) is 2.86. The molecule has 3 rings (SSSR count). The lowest BCUT2D eigenvalue weighted by Crippen LogP contribution is -2.47. The molecule has 8 heteroatoms. The van der Waals surface area contributed by atoms with E-state index in [1.807, 2.05) is 0 Å². The zero-order valence-electron chi connectivity index (χ0n) is 14.3. The number of esters is 1. The van der Waals surface area contributed by atoms with E-state index in [0.717, 1.165) is 6.07 Å². The third-order valence-corrected chi connectivity index (χ3v) is 4.39. The Labute approximate surface area is 150 Å². The molecule has 0 aliphatic carbocycles. The van der Waals surface area contributed by atoms with Crippen LogP contribution in [0.3, 0.4) is 0 Å². The first-order valence-electron chi connectivity index (χ1n) is 8.20. The highest BCUT2D eigenvalue weighted by atomic mass is 19.1. The molecule has 2 aliphatic rings. The number of anilines is 1. The predicted molar refractivity (Wildman–Crippen MR) is 90.1 cm³/mol. The summed E-state index contributed by atoms with van der Waals surface area (Å²) in [6.07, 6.45) is 5.99. The van der Waals surface area contributed by atoms with Gasteiger partial charge in [-0.05, 0) is 12.1 Å². The Balaban J connectivity index is 1.74. The van der Waals surface area contributed by atoms with Gasteiger partial charge in [-0.25, -0.2) is 9.18 Å². The fourth-order valence-corrected chi connectivity index (χ4v) is 2.86. The first-order chi connectivity index (χ1) is 12.5. The van der Waals surface area contributed by atoms with Crippen LogP contribution in [0.25, 0.3) is 0 Å². The first kappa shape index (κ1) is 17.9. The number of benzene rings is 1. The standard InChI is InChI=1S/C18H18FN3O4/c1-3-4-8-18(20-21-18)9-7-16(23)22-11-15(17(24)25-2)26-14-10-12(19)5-6-13(14)22/h1,5-6,10,15H,4,7-9,11H2,2H3. The number of fused-ring (bicyclic) bond motifs is 1. The van der Waals surface area contributed by atoms with Gasteiger partial charge >= 0.3 is 5.97 Å². The van der Waals surface area contributed by atoms with E-state index in [0.29, 0.717) is 24.9 Å². The molecule has 2 heterocycles. The third kappa shape index (κ3) is 3.67. The number of halogens is 1. The number of rotatable bonds is 6. The minimum atomic E-state index is -1.01. The van der Waals surface area contributed by atoms with Crippen molar-refractivity contribution in [2.75, 3.05) is 18.6 Å². The maximum Gasteiger partial charge on any atom is 0.348 e. The molecule has 1 atom stereocenters. The Morgan fingerprint density at radius 2 is 2.23 bits per heavy atom. The molecule has 0 saturated carbocycles. The summed E-state index contributed by atoms with van der Waals surface area (Å²) in [4.78, 5) is 26.0. The lowest BCUT2D eigenvalue weighted by atomic mass is 10.0. The topological polar surface area (TPSA) is 80.6 Å². The molecule has 0 fully saturated rings. The third-order valence-electron chi connectivity index (χ3n) is 4.39. The SMILES string of the molecule is C#CCCC1(CCC(=O)N2CC(C(=O)OC)Oc3cc(F)ccc32)N=N1. The van der Waals surface area contributed by atoms with Crippen LogP contribution in [0.2, 0.25) is 0 Å². The van der Waals surface area contributed by atoms with E-state index in [2.05, 4.69) is 20.9 Å². The Kier molecular flexibility index (Phi) is 4.89. The number of hydrogen-bond donors (Lipinski definition) is 0. The van der Waals surface area contributed by atoms with Crippen LogP contribution in [-0.4, -0.2) is 37.3 Å². The van der Waals surface area contributed by atoms with E-state index in [-0.39, 0.29) is 24.6 Å². The van der Waals surface area contributed by atoms with Crippen LogP contribution in [0.5, 0.6) is 5.75 Å². The second kappa shape index (κ2) is 7.12. The summed E-state index contributed by atoms with van der Waals surface area (Å²) >= 11 is 0. The molecule has 136 valence electrons. The predicted octanol–water partition coefficient (Wildman–Crippen LogP) is 2.45. The summed E-state index contributed by atoms with van der Waals surface area (Å²) in [5, 5.41) is 8.02. The molecule has 1 aromatic rings. The van der Waals surface area contributed by atoms with Gasteiger partial charge in [0.05, 0.1) is 19.3 Å². The molecule has 1 aromatic carbocycles. The van der Waals surface area contributed by atoms with Crippen molar-refractivity contribution in [2.45, 2.75) is 37.5 Å². The molecule has 0 radical (unpaired) electrons. The minimum Gasteiger partial charge on any atom is -0.475 e. The Bertz CT molecular complexity index is 796. The fraction of sp³-hybridized carbons (Fsp3) is 0.444. The summed E-state index contributed by atoms with van der Waals surface area (Å²) in [5.41, 5.74) is -0.152. The van der Waals surface area contributed by atoms with Crippen molar-refractivity contribution in [1.29, 1.82) is 0 Å². The molecule has 0 spiro atoms. The van der Waals surface area contributed by atoms with E-state index >= 15 is 0 Å². The highest BCUT2D eigenvalue weighted by Crippen LogP contribution is 2.39. The van der Waals surface area contributed by atoms with Crippen LogP contribution in [0.1, 0.15) is 25.7 Å². The van der Waals surface area contributed by atoms with Crippen molar-refractivity contribution >= 4 is 17.6 Å². The van der Waals surface area contributed by atoms with Crippen LogP contribution in [0, 0.1) is 18.2 Å². The number of ether oxygens (including phenoxy) is 2. The smallest absolute Gasteiger partial charge is 0.348 e. The first-order valence-corrected chi connectivity index (χ1v) is 8.20. The van der Waals surface area contributed by atoms with Crippen LogP contribution in [0.15, 0.2) is 28.4 Å². The summed E-state index contributed by atoms with van der Waals surface area (Å²) in [6.45, 7) is -0.00419. The van der Waals surface area contributed by atoms with Gasteiger partial charge in [0.25, 0.3) is 0 Å². The van der Waals surface area contributed by atoms with Gasteiger partial charge in [-0.1, -0.05) is 0 Å².